The minimum Gasteiger partial charge on any atom is -0.309 e. The molecular formula is C16H22ClN3S. The highest BCUT2D eigenvalue weighted by molar-refractivity contribution is 7.99. The number of rotatable bonds is 8. The summed E-state index contributed by atoms with van der Waals surface area (Å²) in [7, 11) is 0. The van der Waals surface area contributed by atoms with Gasteiger partial charge in [0.1, 0.15) is 0 Å². The van der Waals surface area contributed by atoms with Crippen LogP contribution in [0.3, 0.4) is 0 Å². The highest BCUT2D eigenvalue weighted by atomic mass is 35.5. The molecule has 2 aromatic rings. The summed E-state index contributed by atoms with van der Waals surface area (Å²) in [5.41, 5.74) is 1.24. The lowest BCUT2D eigenvalue weighted by Gasteiger charge is -2.16. The van der Waals surface area contributed by atoms with Crippen LogP contribution in [-0.4, -0.2) is 22.1 Å². The van der Waals surface area contributed by atoms with Crippen LogP contribution in [0.5, 0.6) is 0 Å². The molecule has 5 heteroatoms. The number of aryl methyl sites for hydroxylation is 1. The van der Waals surface area contributed by atoms with E-state index in [0.717, 1.165) is 35.2 Å². The van der Waals surface area contributed by atoms with E-state index in [1.165, 1.54) is 5.56 Å². The van der Waals surface area contributed by atoms with Gasteiger partial charge in [-0.25, -0.2) is 0 Å². The van der Waals surface area contributed by atoms with E-state index in [1.54, 1.807) is 11.8 Å². The van der Waals surface area contributed by atoms with E-state index in [0.29, 0.717) is 6.04 Å². The number of nitrogens with zero attached hydrogens (tertiary/aromatic N) is 2. The summed E-state index contributed by atoms with van der Waals surface area (Å²) in [6.45, 7) is 6.20. The molecule has 3 nitrogen and oxygen atoms in total. The number of aromatic nitrogens is 2. The van der Waals surface area contributed by atoms with Crippen LogP contribution in [-0.2, 0) is 6.54 Å². The molecular weight excluding hydrogens is 302 g/mol. The third kappa shape index (κ3) is 4.77. The first-order valence-electron chi connectivity index (χ1n) is 7.37. The molecule has 0 saturated heterocycles. The van der Waals surface area contributed by atoms with Gasteiger partial charge < -0.3 is 5.32 Å². The maximum Gasteiger partial charge on any atom is 0.0541 e. The molecule has 0 amide bonds. The Kier molecular flexibility index (Phi) is 6.61. The number of hydrogen-bond acceptors (Lipinski definition) is 3. The molecule has 0 aliphatic carbocycles. The van der Waals surface area contributed by atoms with Gasteiger partial charge in [-0.1, -0.05) is 37.6 Å². The first-order valence-corrected chi connectivity index (χ1v) is 8.74. The molecule has 0 aliphatic heterocycles. The van der Waals surface area contributed by atoms with Crippen LogP contribution in [0.4, 0.5) is 0 Å². The normalized spacial score (nSPS) is 12.5. The van der Waals surface area contributed by atoms with Gasteiger partial charge in [0, 0.05) is 35.0 Å². The second-order valence-corrected chi connectivity index (χ2v) is 6.36. The van der Waals surface area contributed by atoms with Gasteiger partial charge in [0.15, 0.2) is 0 Å². The highest BCUT2D eigenvalue weighted by Gasteiger charge is 2.13. The number of thioether (sulfide) groups is 1. The van der Waals surface area contributed by atoms with Gasteiger partial charge in [-0.2, -0.15) is 5.10 Å². The fourth-order valence-corrected chi connectivity index (χ4v) is 3.50. The Labute approximate surface area is 136 Å². The summed E-state index contributed by atoms with van der Waals surface area (Å²) in [4.78, 5) is 1.13. The molecule has 114 valence electrons. The topological polar surface area (TPSA) is 29.9 Å². The van der Waals surface area contributed by atoms with Crippen molar-refractivity contribution in [3.63, 3.8) is 0 Å². The molecule has 21 heavy (non-hydrogen) atoms. The van der Waals surface area contributed by atoms with Crippen molar-refractivity contribution in [1.82, 2.24) is 15.1 Å². The summed E-state index contributed by atoms with van der Waals surface area (Å²) < 4.78 is 2.01. The number of hydrogen-bond donors (Lipinski definition) is 1. The smallest absolute Gasteiger partial charge is 0.0541 e. The molecule has 1 aromatic carbocycles. The third-order valence-corrected chi connectivity index (χ3v) is 4.81. The second kappa shape index (κ2) is 8.47. The molecule has 0 radical (unpaired) electrons. The molecule has 0 aliphatic rings. The van der Waals surface area contributed by atoms with Crippen molar-refractivity contribution >= 4 is 23.4 Å². The molecule has 1 N–H and O–H groups in total. The highest BCUT2D eigenvalue weighted by Crippen LogP contribution is 2.30. The zero-order valence-electron chi connectivity index (χ0n) is 12.6. The molecule has 0 spiro atoms. The Morgan fingerprint density at radius 1 is 1.33 bits per heavy atom. The van der Waals surface area contributed by atoms with Gasteiger partial charge in [-0.3, -0.25) is 4.68 Å². The Morgan fingerprint density at radius 3 is 2.86 bits per heavy atom. The van der Waals surface area contributed by atoms with Crippen LogP contribution >= 0.6 is 23.4 Å². The van der Waals surface area contributed by atoms with E-state index in [1.807, 2.05) is 29.1 Å². The Hall–Kier alpha value is -0.970. The Balaban J connectivity index is 2.03. The van der Waals surface area contributed by atoms with Crippen LogP contribution in [0.25, 0.3) is 0 Å². The van der Waals surface area contributed by atoms with E-state index < -0.39 is 0 Å². The lowest BCUT2D eigenvalue weighted by Crippen LogP contribution is -2.22. The molecule has 1 heterocycles. The predicted molar refractivity (Wildman–Crippen MR) is 91.1 cm³/mol. The van der Waals surface area contributed by atoms with E-state index in [2.05, 4.69) is 36.5 Å². The van der Waals surface area contributed by atoms with E-state index in [-0.39, 0.29) is 0 Å². The number of halogens is 1. The maximum atomic E-state index is 6.22. The van der Waals surface area contributed by atoms with Crippen molar-refractivity contribution < 1.29 is 0 Å². The minimum absolute atomic E-state index is 0.293. The van der Waals surface area contributed by atoms with Crippen LogP contribution in [0.1, 0.15) is 31.9 Å². The standard InChI is InChI=1S/C16H22ClN3S/c1-3-9-20-11-13(10-19-20)15(18-4-2)12-21-16-8-6-5-7-14(16)17/h5-8,10-11,15,18H,3-4,9,12H2,1-2H3. The molecule has 1 atom stereocenters. The van der Waals surface area contributed by atoms with Gasteiger partial charge >= 0.3 is 0 Å². The fraction of sp³-hybridized carbons (Fsp3) is 0.438. The van der Waals surface area contributed by atoms with Crippen molar-refractivity contribution in [3.05, 3.63) is 47.2 Å². The average Bonchev–Trinajstić information content (AvgIpc) is 2.94. The Bertz CT molecular complexity index is 556. The summed E-state index contributed by atoms with van der Waals surface area (Å²) >= 11 is 8.00. The van der Waals surface area contributed by atoms with Gasteiger partial charge in [-0.05, 0) is 25.1 Å². The molecule has 2 rings (SSSR count). The zero-order valence-corrected chi connectivity index (χ0v) is 14.1. The van der Waals surface area contributed by atoms with E-state index in [9.17, 15) is 0 Å². The SMILES string of the molecule is CCCn1cc(C(CSc2ccccc2Cl)NCC)cn1. The molecule has 0 bridgehead atoms. The van der Waals surface area contributed by atoms with Gasteiger partial charge in [-0.15, -0.1) is 11.8 Å². The minimum atomic E-state index is 0.293. The van der Waals surface area contributed by atoms with Crippen molar-refractivity contribution in [2.75, 3.05) is 12.3 Å². The summed E-state index contributed by atoms with van der Waals surface area (Å²) in [5, 5.41) is 8.77. The monoisotopic (exact) mass is 323 g/mol. The summed E-state index contributed by atoms with van der Waals surface area (Å²) in [6, 6.07) is 8.28. The lowest BCUT2D eigenvalue weighted by molar-refractivity contribution is 0.590. The third-order valence-electron chi connectivity index (χ3n) is 3.20. The average molecular weight is 324 g/mol. The second-order valence-electron chi connectivity index (χ2n) is 4.89. The Morgan fingerprint density at radius 2 is 2.14 bits per heavy atom. The summed E-state index contributed by atoms with van der Waals surface area (Å²) in [6.07, 6.45) is 5.21. The number of nitrogens with one attached hydrogen (secondary N) is 1. The van der Waals surface area contributed by atoms with Crippen LogP contribution in [0.2, 0.25) is 5.02 Å². The number of benzene rings is 1. The first-order chi connectivity index (χ1) is 10.2. The molecule has 1 unspecified atom stereocenters. The molecule has 0 saturated carbocycles. The van der Waals surface area contributed by atoms with Gasteiger partial charge in [0.25, 0.3) is 0 Å². The van der Waals surface area contributed by atoms with Crippen molar-refractivity contribution in [2.45, 2.75) is 37.8 Å². The quantitative estimate of drug-likeness (QED) is 0.731. The molecule has 0 fully saturated rings. The van der Waals surface area contributed by atoms with Crippen molar-refractivity contribution in [2.24, 2.45) is 0 Å². The summed E-state index contributed by atoms with van der Waals surface area (Å²) in [5.74, 6) is 0.940. The van der Waals surface area contributed by atoms with E-state index in [4.69, 9.17) is 11.6 Å². The van der Waals surface area contributed by atoms with E-state index >= 15 is 0 Å². The van der Waals surface area contributed by atoms with Gasteiger partial charge in [0.2, 0.25) is 0 Å². The maximum absolute atomic E-state index is 6.22. The fourth-order valence-electron chi connectivity index (χ4n) is 2.17. The lowest BCUT2D eigenvalue weighted by atomic mass is 10.2. The molecule has 1 aromatic heterocycles. The largest absolute Gasteiger partial charge is 0.309 e. The van der Waals surface area contributed by atoms with Crippen LogP contribution < -0.4 is 5.32 Å². The van der Waals surface area contributed by atoms with Crippen molar-refractivity contribution in [1.29, 1.82) is 0 Å². The first kappa shape index (κ1) is 16.4. The van der Waals surface area contributed by atoms with Gasteiger partial charge in [0.05, 0.1) is 11.2 Å². The van der Waals surface area contributed by atoms with Crippen molar-refractivity contribution in [3.8, 4) is 0 Å². The van der Waals surface area contributed by atoms with Crippen LogP contribution in [0.15, 0.2) is 41.6 Å². The van der Waals surface area contributed by atoms with Crippen LogP contribution in [0, 0.1) is 0 Å². The zero-order chi connectivity index (χ0) is 15.1. The predicted octanol–water partition coefficient (Wildman–Crippen LogP) is 4.39.